The average Bonchev–Trinajstić information content (AvgIpc) is 2.46. The third-order valence-corrected chi connectivity index (χ3v) is 4.00. The number of piperidine rings is 1. The van der Waals surface area contributed by atoms with Crippen LogP contribution in [0.25, 0.3) is 0 Å². The lowest BCUT2D eigenvalue weighted by Crippen LogP contribution is -2.44. The summed E-state index contributed by atoms with van der Waals surface area (Å²) in [6, 6.07) is 1.22. The van der Waals surface area contributed by atoms with Gasteiger partial charge in [-0.05, 0) is 31.6 Å². The molecule has 0 spiro atoms. The molecule has 0 aliphatic carbocycles. The molecule has 2 atom stereocenters. The first kappa shape index (κ1) is 11.9. The lowest BCUT2D eigenvalue weighted by Gasteiger charge is -2.38. The Kier molecular flexibility index (Phi) is 3.82. The zero-order valence-electron chi connectivity index (χ0n) is 9.89. The SMILES string of the molecule is COCCN1C2CCC1CC(CC(=O)O)C2. The zero-order chi connectivity index (χ0) is 11.5. The first-order valence-corrected chi connectivity index (χ1v) is 6.17. The Balaban J connectivity index is 1.88. The molecule has 0 aromatic carbocycles. The van der Waals surface area contributed by atoms with Crippen LogP contribution in [0.4, 0.5) is 0 Å². The molecule has 2 fully saturated rings. The van der Waals surface area contributed by atoms with Gasteiger partial charge >= 0.3 is 5.97 Å². The molecule has 2 heterocycles. The van der Waals surface area contributed by atoms with Gasteiger partial charge in [0.05, 0.1) is 6.61 Å². The minimum Gasteiger partial charge on any atom is -0.481 e. The van der Waals surface area contributed by atoms with Crippen LogP contribution >= 0.6 is 0 Å². The Morgan fingerprint density at radius 3 is 2.50 bits per heavy atom. The van der Waals surface area contributed by atoms with E-state index in [1.54, 1.807) is 7.11 Å². The highest BCUT2D eigenvalue weighted by molar-refractivity contribution is 5.67. The fraction of sp³-hybridized carbons (Fsp3) is 0.917. The number of carbonyl (C=O) groups is 1. The van der Waals surface area contributed by atoms with Gasteiger partial charge in [-0.1, -0.05) is 0 Å². The van der Waals surface area contributed by atoms with Crippen molar-refractivity contribution in [1.29, 1.82) is 0 Å². The maximum atomic E-state index is 10.7. The molecule has 2 aliphatic rings. The molecule has 1 N–H and O–H groups in total. The minimum atomic E-state index is -0.644. The Bertz CT molecular complexity index is 243. The number of ether oxygens (including phenoxy) is 1. The maximum Gasteiger partial charge on any atom is 0.303 e. The number of fused-ring (bicyclic) bond motifs is 2. The van der Waals surface area contributed by atoms with Crippen molar-refractivity contribution >= 4 is 5.97 Å². The molecule has 2 rings (SSSR count). The predicted molar refractivity (Wildman–Crippen MR) is 60.4 cm³/mol. The maximum absolute atomic E-state index is 10.7. The molecule has 16 heavy (non-hydrogen) atoms. The van der Waals surface area contributed by atoms with E-state index in [-0.39, 0.29) is 0 Å². The van der Waals surface area contributed by atoms with Crippen LogP contribution in [0.2, 0.25) is 0 Å². The van der Waals surface area contributed by atoms with E-state index < -0.39 is 5.97 Å². The molecule has 0 amide bonds. The second-order valence-corrected chi connectivity index (χ2v) is 5.05. The fourth-order valence-corrected chi connectivity index (χ4v) is 3.36. The van der Waals surface area contributed by atoms with E-state index >= 15 is 0 Å². The van der Waals surface area contributed by atoms with Crippen molar-refractivity contribution in [2.24, 2.45) is 5.92 Å². The van der Waals surface area contributed by atoms with Gasteiger partial charge in [0.25, 0.3) is 0 Å². The molecule has 0 saturated carbocycles. The summed E-state index contributed by atoms with van der Waals surface area (Å²) in [7, 11) is 1.74. The van der Waals surface area contributed by atoms with Crippen molar-refractivity contribution in [2.45, 2.75) is 44.2 Å². The smallest absolute Gasteiger partial charge is 0.303 e. The summed E-state index contributed by atoms with van der Waals surface area (Å²) in [5, 5.41) is 8.83. The molecule has 2 saturated heterocycles. The van der Waals surface area contributed by atoms with Crippen LogP contribution in [0.3, 0.4) is 0 Å². The van der Waals surface area contributed by atoms with Crippen molar-refractivity contribution in [2.75, 3.05) is 20.3 Å². The molecule has 0 aromatic rings. The zero-order valence-corrected chi connectivity index (χ0v) is 9.89. The van der Waals surface area contributed by atoms with Crippen LogP contribution in [0.5, 0.6) is 0 Å². The van der Waals surface area contributed by atoms with E-state index in [0.29, 0.717) is 24.4 Å². The highest BCUT2D eigenvalue weighted by atomic mass is 16.5. The topological polar surface area (TPSA) is 49.8 Å². The van der Waals surface area contributed by atoms with E-state index in [4.69, 9.17) is 9.84 Å². The van der Waals surface area contributed by atoms with E-state index in [2.05, 4.69) is 4.90 Å². The summed E-state index contributed by atoms with van der Waals surface area (Å²) in [6.45, 7) is 1.79. The Morgan fingerprint density at radius 1 is 1.38 bits per heavy atom. The second kappa shape index (κ2) is 5.15. The third kappa shape index (κ3) is 2.55. The lowest BCUT2D eigenvalue weighted by atomic mass is 9.88. The largest absolute Gasteiger partial charge is 0.481 e. The molecule has 2 aliphatic heterocycles. The molecule has 92 valence electrons. The van der Waals surface area contributed by atoms with Gasteiger partial charge in [0.1, 0.15) is 0 Å². The summed E-state index contributed by atoms with van der Waals surface area (Å²) in [4.78, 5) is 13.3. The molecule has 2 unspecified atom stereocenters. The predicted octanol–water partition coefficient (Wildman–Crippen LogP) is 1.35. The number of nitrogens with zero attached hydrogens (tertiary/aromatic N) is 1. The fourth-order valence-electron chi connectivity index (χ4n) is 3.36. The van der Waals surface area contributed by atoms with Gasteiger partial charge in [-0.2, -0.15) is 0 Å². The minimum absolute atomic E-state index is 0.352. The number of carboxylic acids is 1. The summed E-state index contributed by atoms with van der Waals surface area (Å²) in [6.07, 6.45) is 4.96. The molecular weight excluding hydrogens is 206 g/mol. The standard InChI is InChI=1S/C12H21NO3/c1-16-5-4-13-10-2-3-11(13)7-9(6-10)8-12(14)15/h9-11H,2-8H2,1H3,(H,14,15). The van der Waals surface area contributed by atoms with E-state index in [0.717, 1.165) is 26.0 Å². The lowest BCUT2D eigenvalue weighted by molar-refractivity contribution is -0.138. The second-order valence-electron chi connectivity index (χ2n) is 5.05. The van der Waals surface area contributed by atoms with Gasteiger partial charge in [0.2, 0.25) is 0 Å². The summed E-state index contributed by atoms with van der Waals surface area (Å²) in [5.74, 6) is -0.247. The highest BCUT2D eigenvalue weighted by Gasteiger charge is 2.40. The monoisotopic (exact) mass is 227 g/mol. The van der Waals surface area contributed by atoms with Crippen LogP contribution in [-0.2, 0) is 9.53 Å². The molecule has 0 radical (unpaired) electrons. The van der Waals surface area contributed by atoms with Gasteiger partial charge in [-0.25, -0.2) is 0 Å². The Labute approximate surface area is 96.6 Å². The van der Waals surface area contributed by atoms with Crippen LogP contribution in [0, 0.1) is 5.92 Å². The van der Waals surface area contributed by atoms with Crippen molar-refractivity contribution in [3.05, 3.63) is 0 Å². The van der Waals surface area contributed by atoms with Crippen LogP contribution in [-0.4, -0.2) is 48.3 Å². The number of rotatable bonds is 5. The van der Waals surface area contributed by atoms with E-state index in [9.17, 15) is 4.79 Å². The molecular formula is C12H21NO3. The Hall–Kier alpha value is -0.610. The van der Waals surface area contributed by atoms with Gasteiger partial charge in [0.15, 0.2) is 0 Å². The number of aliphatic carboxylic acids is 1. The van der Waals surface area contributed by atoms with Crippen LogP contribution < -0.4 is 0 Å². The number of hydrogen-bond donors (Lipinski definition) is 1. The quantitative estimate of drug-likeness (QED) is 0.770. The Morgan fingerprint density at radius 2 is 2.00 bits per heavy atom. The first-order valence-electron chi connectivity index (χ1n) is 6.17. The summed E-state index contributed by atoms with van der Waals surface area (Å²) >= 11 is 0. The highest BCUT2D eigenvalue weighted by Crippen LogP contribution is 2.39. The molecule has 2 bridgehead atoms. The van der Waals surface area contributed by atoms with Gasteiger partial charge in [-0.15, -0.1) is 0 Å². The normalized spacial score (nSPS) is 34.2. The summed E-state index contributed by atoms with van der Waals surface area (Å²) < 4.78 is 5.12. The first-order chi connectivity index (χ1) is 7.70. The summed E-state index contributed by atoms with van der Waals surface area (Å²) in [5.41, 5.74) is 0. The number of carboxylic acid groups (broad SMARTS) is 1. The van der Waals surface area contributed by atoms with Crippen LogP contribution in [0.15, 0.2) is 0 Å². The van der Waals surface area contributed by atoms with Gasteiger partial charge < -0.3 is 9.84 Å². The van der Waals surface area contributed by atoms with Crippen LogP contribution in [0.1, 0.15) is 32.1 Å². The number of methoxy groups -OCH3 is 1. The third-order valence-electron chi connectivity index (χ3n) is 4.00. The van der Waals surface area contributed by atoms with E-state index in [1.165, 1.54) is 12.8 Å². The average molecular weight is 227 g/mol. The molecule has 4 heteroatoms. The molecule has 0 aromatic heterocycles. The van der Waals surface area contributed by atoms with Crippen molar-refractivity contribution in [1.82, 2.24) is 4.90 Å². The van der Waals surface area contributed by atoms with Crippen molar-refractivity contribution in [3.8, 4) is 0 Å². The molecule has 4 nitrogen and oxygen atoms in total. The van der Waals surface area contributed by atoms with Gasteiger partial charge in [-0.3, -0.25) is 9.69 Å². The van der Waals surface area contributed by atoms with E-state index in [1.807, 2.05) is 0 Å². The number of hydrogen-bond acceptors (Lipinski definition) is 3. The van der Waals surface area contributed by atoms with Gasteiger partial charge in [0, 0.05) is 32.2 Å². The van der Waals surface area contributed by atoms with Crippen molar-refractivity contribution in [3.63, 3.8) is 0 Å². The van der Waals surface area contributed by atoms with Crippen molar-refractivity contribution < 1.29 is 14.6 Å².